The molecule has 0 saturated heterocycles. The molecule has 1 N–H and O–H groups in total. The number of benzene rings is 1. The number of phenolic OH excluding ortho intramolecular Hbond substituents is 1. The van der Waals surface area contributed by atoms with Crippen molar-refractivity contribution in [1.82, 2.24) is 0 Å². The van der Waals surface area contributed by atoms with Crippen LogP contribution in [-0.2, 0) is 18.9 Å². The van der Waals surface area contributed by atoms with E-state index in [1.807, 2.05) is 12.1 Å². The van der Waals surface area contributed by atoms with Crippen molar-refractivity contribution in [2.45, 2.75) is 0 Å². The monoisotopic (exact) mass is 311 g/mol. The first-order valence-electron chi connectivity index (χ1n) is 7.34. The third-order valence-corrected chi connectivity index (χ3v) is 2.71. The summed E-state index contributed by atoms with van der Waals surface area (Å²) >= 11 is 0. The number of phenols is 1. The lowest BCUT2D eigenvalue weighted by atomic mass is 10.2. The first-order valence-corrected chi connectivity index (χ1v) is 7.34. The van der Waals surface area contributed by atoms with Crippen LogP contribution in [-0.4, -0.2) is 71.2 Å². The zero-order valence-corrected chi connectivity index (χ0v) is 13.1. The molecule has 0 fully saturated rings. The van der Waals surface area contributed by atoms with E-state index in [1.54, 1.807) is 25.5 Å². The molecule has 0 spiro atoms. The van der Waals surface area contributed by atoms with Gasteiger partial charge >= 0.3 is 0 Å². The Morgan fingerprint density at radius 2 is 1.50 bits per heavy atom. The zero-order valence-electron chi connectivity index (χ0n) is 13.1. The van der Waals surface area contributed by atoms with Gasteiger partial charge in [-0.25, -0.2) is 0 Å². The second kappa shape index (κ2) is 13.2. The van der Waals surface area contributed by atoms with Gasteiger partial charge in [0.15, 0.2) is 0 Å². The van der Waals surface area contributed by atoms with E-state index >= 15 is 0 Å². The van der Waals surface area contributed by atoms with Crippen molar-refractivity contribution in [3.8, 4) is 5.75 Å². The Morgan fingerprint density at radius 1 is 0.909 bits per heavy atom. The van der Waals surface area contributed by atoms with Crippen molar-refractivity contribution in [2.24, 2.45) is 4.99 Å². The lowest BCUT2D eigenvalue weighted by molar-refractivity contribution is 0.00472. The van der Waals surface area contributed by atoms with Crippen LogP contribution in [0.4, 0.5) is 0 Å². The molecule has 0 aliphatic carbocycles. The summed E-state index contributed by atoms with van der Waals surface area (Å²) in [7, 11) is 1.64. The highest BCUT2D eigenvalue weighted by molar-refractivity contribution is 5.83. The van der Waals surface area contributed by atoms with Crippen LogP contribution in [0, 0.1) is 0 Å². The Labute approximate surface area is 131 Å². The summed E-state index contributed by atoms with van der Waals surface area (Å²) in [5.41, 5.74) is 0.708. The van der Waals surface area contributed by atoms with Crippen LogP contribution in [0.5, 0.6) is 5.75 Å². The maximum atomic E-state index is 9.55. The van der Waals surface area contributed by atoms with Gasteiger partial charge < -0.3 is 24.1 Å². The van der Waals surface area contributed by atoms with Crippen molar-refractivity contribution in [2.75, 3.05) is 59.9 Å². The molecular formula is C16H25NO5. The molecule has 0 saturated carbocycles. The van der Waals surface area contributed by atoms with Crippen LogP contribution in [0.1, 0.15) is 5.56 Å². The molecule has 0 unspecified atom stereocenters. The number of ether oxygens (including phenoxy) is 4. The minimum Gasteiger partial charge on any atom is -0.507 e. The summed E-state index contributed by atoms with van der Waals surface area (Å²) < 4.78 is 20.8. The summed E-state index contributed by atoms with van der Waals surface area (Å²) in [5.74, 6) is 0.230. The molecule has 6 heteroatoms. The fraction of sp³-hybridized carbons (Fsp3) is 0.562. The number of rotatable bonds is 13. The highest BCUT2D eigenvalue weighted by Gasteiger charge is 1.94. The predicted octanol–water partition coefficient (Wildman–Crippen LogP) is 1.51. The van der Waals surface area contributed by atoms with Gasteiger partial charge in [-0.05, 0) is 12.1 Å². The van der Waals surface area contributed by atoms with Gasteiger partial charge in [-0.1, -0.05) is 12.1 Å². The van der Waals surface area contributed by atoms with Crippen LogP contribution < -0.4 is 0 Å². The van der Waals surface area contributed by atoms with Gasteiger partial charge in [0.2, 0.25) is 0 Å². The summed E-state index contributed by atoms with van der Waals surface area (Å²) in [6.07, 6.45) is 1.65. The molecule has 1 aromatic carbocycles. The average Bonchev–Trinajstić information content (AvgIpc) is 2.53. The van der Waals surface area contributed by atoms with Crippen molar-refractivity contribution in [3.63, 3.8) is 0 Å². The van der Waals surface area contributed by atoms with Gasteiger partial charge in [-0.3, -0.25) is 4.99 Å². The number of hydrogen-bond donors (Lipinski definition) is 1. The molecule has 22 heavy (non-hydrogen) atoms. The van der Waals surface area contributed by atoms with Crippen LogP contribution >= 0.6 is 0 Å². The van der Waals surface area contributed by atoms with E-state index in [4.69, 9.17) is 18.9 Å². The van der Waals surface area contributed by atoms with E-state index in [1.165, 1.54) is 0 Å². The Bertz CT molecular complexity index is 411. The van der Waals surface area contributed by atoms with Crippen molar-refractivity contribution >= 4 is 6.21 Å². The fourth-order valence-electron chi connectivity index (χ4n) is 1.56. The Kier molecular flexibility index (Phi) is 11.2. The predicted molar refractivity (Wildman–Crippen MR) is 84.9 cm³/mol. The summed E-state index contributed by atoms with van der Waals surface area (Å²) in [6, 6.07) is 7.07. The second-order valence-electron chi connectivity index (χ2n) is 4.42. The molecule has 1 aromatic rings. The summed E-state index contributed by atoms with van der Waals surface area (Å²) in [6.45, 7) is 4.45. The molecule has 0 bridgehead atoms. The smallest absolute Gasteiger partial charge is 0.124 e. The largest absolute Gasteiger partial charge is 0.507 e. The number of nitrogens with zero attached hydrogens (tertiary/aromatic N) is 1. The van der Waals surface area contributed by atoms with Crippen LogP contribution in [0.15, 0.2) is 29.3 Å². The van der Waals surface area contributed by atoms with Gasteiger partial charge in [-0.2, -0.15) is 0 Å². The highest BCUT2D eigenvalue weighted by Crippen LogP contribution is 2.12. The molecule has 0 aliphatic rings. The third kappa shape index (κ3) is 9.46. The number of methoxy groups -OCH3 is 1. The van der Waals surface area contributed by atoms with E-state index < -0.39 is 0 Å². The minimum atomic E-state index is 0.230. The lowest BCUT2D eigenvalue weighted by Crippen LogP contribution is -2.12. The van der Waals surface area contributed by atoms with Crippen molar-refractivity contribution in [1.29, 1.82) is 0 Å². The van der Waals surface area contributed by atoms with Gasteiger partial charge in [-0.15, -0.1) is 0 Å². The molecule has 0 amide bonds. The number of para-hydroxylation sites is 1. The maximum Gasteiger partial charge on any atom is 0.124 e. The van der Waals surface area contributed by atoms with Crippen LogP contribution in [0.2, 0.25) is 0 Å². The lowest BCUT2D eigenvalue weighted by Gasteiger charge is -2.05. The standard InChI is InChI=1S/C16H25NO5/c1-19-8-9-21-12-13-22-11-10-20-7-6-17-14-15-4-2-3-5-16(15)18/h2-5,14,18H,6-13H2,1H3. The quantitative estimate of drug-likeness (QED) is 0.442. The molecule has 0 atom stereocenters. The normalized spacial score (nSPS) is 11.3. The third-order valence-electron chi connectivity index (χ3n) is 2.71. The van der Waals surface area contributed by atoms with Gasteiger partial charge in [0, 0.05) is 18.9 Å². The van der Waals surface area contributed by atoms with E-state index in [0.29, 0.717) is 58.4 Å². The van der Waals surface area contributed by atoms with E-state index in [0.717, 1.165) is 0 Å². The van der Waals surface area contributed by atoms with E-state index in [2.05, 4.69) is 4.99 Å². The summed E-state index contributed by atoms with van der Waals surface area (Å²) in [5, 5.41) is 9.55. The molecule has 1 rings (SSSR count). The molecule has 0 heterocycles. The second-order valence-corrected chi connectivity index (χ2v) is 4.42. The fourth-order valence-corrected chi connectivity index (χ4v) is 1.56. The average molecular weight is 311 g/mol. The number of hydrogen-bond acceptors (Lipinski definition) is 6. The zero-order chi connectivity index (χ0) is 15.9. The van der Waals surface area contributed by atoms with Crippen molar-refractivity contribution < 1.29 is 24.1 Å². The number of aliphatic imine (C=N–C) groups is 1. The topological polar surface area (TPSA) is 69.5 Å². The van der Waals surface area contributed by atoms with Crippen molar-refractivity contribution in [3.05, 3.63) is 29.8 Å². The van der Waals surface area contributed by atoms with Gasteiger partial charge in [0.05, 0.1) is 52.8 Å². The van der Waals surface area contributed by atoms with Crippen LogP contribution in [0.3, 0.4) is 0 Å². The molecule has 0 aliphatic heterocycles. The summed E-state index contributed by atoms with van der Waals surface area (Å²) in [4.78, 5) is 4.20. The molecule has 6 nitrogen and oxygen atoms in total. The Morgan fingerprint density at radius 3 is 2.14 bits per heavy atom. The van der Waals surface area contributed by atoms with Gasteiger partial charge in [0.25, 0.3) is 0 Å². The Balaban J connectivity index is 1.89. The van der Waals surface area contributed by atoms with E-state index in [9.17, 15) is 5.11 Å². The number of aromatic hydroxyl groups is 1. The molecule has 0 aromatic heterocycles. The SMILES string of the molecule is COCCOCCOCCOCCN=Cc1ccccc1O. The minimum absolute atomic E-state index is 0.230. The first kappa shape index (κ1) is 18.6. The first-order chi connectivity index (χ1) is 10.8. The maximum absolute atomic E-state index is 9.55. The molecular weight excluding hydrogens is 286 g/mol. The highest BCUT2D eigenvalue weighted by atomic mass is 16.6. The molecule has 124 valence electrons. The Hall–Kier alpha value is -1.47. The van der Waals surface area contributed by atoms with Gasteiger partial charge in [0.1, 0.15) is 5.75 Å². The molecule has 0 radical (unpaired) electrons. The van der Waals surface area contributed by atoms with E-state index in [-0.39, 0.29) is 5.75 Å². The van der Waals surface area contributed by atoms with Crippen LogP contribution in [0.25, 0.3) is 0 Å².